The van der Waals surface area contributed by atoms with Gasteiger partial charge in [0.2, 0.25) is 0 Å². The van der Waals surface area contributed by atoms with Gasteiger partial charge < -0.3 is 5.32 Å². The minimum atomic E-state index is 0.279. The number of piperazine rings is 1. The van der Waals surface area contributed by atoms with Crippen LogP contribution in [0.15, 0.2) is 28.7 Å². The second-order valence-electron chi connectivity index (χ2n) is 6.73. The van der Waals surface area contributed by atoms with E-state index in [0.29, 0.717) is 0 Å². The summed E-state index contributed by atoms with van der Waals surface area (Å²) >= 11 is 3.52. The van der Waals surface area contributed by atoms with E-state index in [0.717, 1.165) is 25.0 Å². The number of hydrogen-bond donors (Lipinski definition) is 1. The van der Waals surface area contributed by atoms with Gasteiger partial charge in [-0.1, -0.05) is 35.0 Å². The van der Waals surface area contributed by atoms with Crippen LogP contribution in [0.25, 0.3) is 0 Å². The van der Waals surface area contributed by atoms with Gasteiger partial charge in [-0.3, -0.25) is 4.90 Å². The lowest BCUT2D eigenvalue weighted by molar-refractivity contribution is 0.0662. The molecule has 0 aromatic heterocycles. The predicted molar refractivity (Wildman–Crippen MR) is 87.8 cm³/mol. The van der Waals surface area contributed by atoms with E-state index in [1.54, 1.807) is 0 Å². The molecule has 20 heavy (non-hydrogen) atoms. The third-order valence-electron chi connectivity index (χ3n) is 5.00. The number of hydrogen-bond acceptors (Lipinski definition) is 2. The molecule has 1 N–H and O–H groups in total. The molecule has 110 valence electrons. The van der Waals surface area contributed by atoms with Crippen LogP contribution in [0.1, 0.15) is 38.7 Å². The maximum atomic E-state index is 3.79. The molecule has 2 nitrogen and oxygen atoms in total. The van der Waals surface area contributed by atoms with E-state index in [4.69, 9.17) is 0 Å². The lowest BCUT2D eigenvalue weighted by Crippen LogP contribution is -2.62. The molecule has 1 aromatic rings. The Hall–Kier alpha value is -0.380. The molecule has 1 saturated heterocycles. The number of nitrogens with one attached hydrogen (secondary N) is 1. The molecule has 1 aliphatic heterocycles. The Morgan fingerprint density at radius 1 is 1.30 bits per heavy atom. The summed E-state index contributed by atoms with van der Waals surface area (Å²) in [6.07, 6.45) is 4.04. The van der Waals surface area contributed by atoms with Gasteiger partial charge in [-0.05, 0) is 49.8 Å². The monoisotopic (exact) mass is 336 g/mol. The number of rotatable bonds is 4. The molecular weight excluding hydrogens is 312 g/mol. The zero-order valence-electron chi connectivity index (χ0n) is 12.5. The van der Waals surface area contributed by atoms with Crippen molar-refractivity contribution < 1.29 is 0 Å². The summed E-state index contributed by atoms with van der Waals surface area (Å²) < 4.78 is 1.17. The molecule has 2 atom stereocenters. The van der Waals surface area contributed by atoms with Gasteiger partial charge in [0.25, 0.3) is 0 Å². The summed E-state index contributed by atoms with van der Waals surface area (Å²) in [4.78, 5) is 2.72. The summed E-state index contributed by atoms with van der Waals surface area (Å²) in [5.41, 5.74) is 1.71. The fourth-order valence-electron chi connectivity index (χ4n) is 3.28. The Morgan fingerprint density at radius 3 is 2.60 bits per heavy atom. The van der Waals surface area contributed by atoms with Crippen molar-refractivity contribution in [2.75, 3.05) is 13.1 Å². The van der Waals surface area contributed by atoms with Crippen LogP contribution in [0.5, 0.6) is 0 Å². The molecule has 2 fully saturated rings. The van der Waals surface area contributed by atoms with E-state index >= 15 is 0 Å². The van der Waals surface area contributed by atoms with Crippen LogP contribution in [-0.4, -0.2) is 29.6 Å². The lowest BCUT2D eigenvalue weighted by atomic mass is 9.91. The van der Waals surface area contributed by atoms with Gasteiger partial charge in [0.05, 0.1) is 0 Å². The first-order valence-corrected chi connectivity index (χ1v) is 8.62. The SMILES string of the molecule is CCC1(C)CN(Cc2ccc(Br)cc2)C(C2CC2)CN1. The van der Waals surface area contributed by atoms with Crippen molar-refractivity contribution in [3.05, 3.63) is 34.3 Å². The van der Waals surface area contributed by atoms with Crippen LogP contribution >= 0.6 is 15.9 Å². The number of halogens is 1. The van der Waals surface area contributed by atoms with Crippen LogP contribution in [-0.2, 0) is 6.54 Å². The Morgan fingerprint density at radius 2 is 2.00 bits per heavy atom. The van der Waals surface area contributed by atoms with Crippen molar-refractivity contribution in [2.45, 2.75) is 51.2 Å². The van der Waals surface area contributed by atoms with Gasteiger partial charge in [0, 0.05) is 35.7 Å². The molecule has 1 aliphatic carbocycles. The molecule has 1 saturated carbocycles. The summed E-state index contributed by atoms with van der Waals surface area (Å²) in [7, 11) is 0. The standard InChI is InChI=1S/C17H25BrN2/c1-3-17(2)12-20(16(10-19-17)14-6-7-14)11-13-4-8-15(18)9-5-13/h4-5,8-9,14,16,19H,3,6-7,10-12H2,1-2H3. The topological polar surface area (TPSA) is 15.3 Å². The van der Waals surface area contributed by atoms with Gasteiger partial charge in [-0.15, -0.1) is 0 Å². The highest BCUT2D eigenvalue weighted by molar-refractivity contribution is 9.10. The molecule has 2 unspecified atom stereocenters. The van der Waals surface area contributed by atoms with Gasteiger partial charge in [0.1, 0.15) is 0 Å². The van der Waals surface area contributed by atoms with Crippen molar-refractivity contribution in [3.63, 3.8) is 0 Å². The summed E-state index contributed by atoms with van der Waals surface area (Å²) in [5, 5.41) is 3.79. The van der Waals surface area contributed by atoms with Crippen molar-refractivity contribution in [1.29, 1.82) is 0 Å². The predicted octanol–water partition coefficient (Wildman–Crippen LogP) is 3.80. The Labute approximate surface area is 131 Å². The van der Waals surface area contributed by atoms with Crippen molar-refractivity contribution in [3.8, 4) is 0 Å². The quantitative estimate of drug-likeness (QED) is 0.899. The van der Waals surface area contributed by atoms with Gasteiger partial charge in [-0.25, -0.2) is 0 Å². The second kappa shape index (κ2) is 5.78. The average molecular weight is 337 g/mol. The zero-order valence-corrected chi connectivity index (χ0v) is 14.1. The summed E-state index contributed by atoms with van der Waals surface area (Å²) in [5.74, 6) is 0.930. The van der Waals surface area contributed by atoms with E-state index < -0.39 is 0 Å². The maximum absolute atomic E-state index is 3.79. The van der Waals surface area contributed by atoms with E-state index in [2.05, 4.69) is 64.3 Å². The van der Waals surface area contributed by atoms with Gasteiger partial charge in [0.15, 0.2) is 0 Å². The van der Waals surface area contributed by atoms with Gasteiger partial charge in [-0.2, -0.15) is 0 Å². The smallest absolute Gasteiger partial charge is 0.0278 e. The van der Waals surface area contributed by atoms with Crippen LogP contribution < -0.4 is 5.32 Å². The summed E-state index contributed by atoms with van der Waals surface area (Å²) in [6.45, 7) is 8.07. The fourth-order valence-corrected chi connectivity index (χ4v) is 3.55. The molecule has 3 heteroatoms. The van der Waals surface area contributed by atoms with E-state index in [1.165, 1.54) is 35.8 Å². The minimum Gasteiger partial charge on any atom is -0.309 e. The molecule has 1 heterocycles. The molecule has 0 amide bonds. The van der Waals surface area contributed by atoms with Gasteiger partial charge >= 0.3 is 0 Å². The maximum Gasteiger partial charge on any atom is 0.0278 e. The lowest BCUT2D eigenvalue weighted by Gasteiger charge is -2.46. The zero-order chi connectivity index (χ0) is 14.2. The molecule has 2 aliphatic rings. The molecular formula is C17H25BrN2. The molecule has 0 spiro atoms. The first-order valence-electron chi connectivity index (χ1n) is 7.83. The number of nitrogens with zero attached hydrogens (tertiary/aromatic N) is 1. The fraction of sp³-hybridized carbons (Fsp3) is 0.647. The Balaban J connectivity index is 1.73. The van der Waals surface area contributed by atoms with E-state index in [1.807, 2.05) is 0 Å². The first-order chi connectivity index (χ1) is 9.59. The largest absolute Gasteiger partial charge is 0.309 e. The normalized spacial score (nSPS) is 31.4. The van der Waals surface area contributed by atoms with Crippen LogP contribution in [0.4, 0.5) is 0 Å². The molecule has 0 bridgehead atoms. The van der Waals surface area contributed by atoms with Crippen molar-refractivity contribution >= 4 is 15.9 Å². The highest BCUT2D eigenvalue weighted by Crippen LogP contribution is 2.38. The highest BCUT2D eigenvalue weighted by atomic mass is 79.9. The molecule has 1 aromatic carbocycles. The highest BCUT2D eigenvalue weighted by Gasteiger charge is 2.41. The minimum absolute atomic E-state index is 0.279. The average Bonchev–Trinajstić information content (AvgIpc) is 3.26. The van der Waals surface area contributed by atoms with Crippen molar-refractivity contribution in [2.24, 2.45) is 5.92 Å². The molecule has 3 rings (SSSR count). The Bertz CT molecular complexity index is 455. The van der Waals surface area contributed by atoms with Crippen LogP contribution in [0, 0.1) is 5.92 Å². The summed E-state index contributed by atoms with van der Waals surface area (Å²) in [6, 6.07) is 9.54. The third-order valence-corrected chi connectivity index (χ3v) is 5.53. The second-order valence-corrected chi connectivity index (χ2v) is 7.65. The first kappa shape index (κ1) is 14.6. The number of benzene rings is 1. The molecule has 0 radical (unpaired) electrons. The van der Waals surface area contributed by atoms with E-state index in [-0.39, 0.29) is 5.54 Å². The van der Waals surface area contributed by atoms with Crippen LogP contribution in [0.2, 0.25) is 0 Å². The van der Waals surface area contributed by atoms with Crippen LogP contribution in [0.3, 0.4) is 0 Å². The van der Waals surface area contributed by atoms with Crippen molar-refractivity contribution in [1.82, 2.24) is 10.2 Å². The van der Waals surface area contributed by atoms with E-state index in [9.17, 15) is 0 Å². The third kappa shape index (κ3) is 3.26. The Kier molecular flexibility index (Phi) is 4.21.